The summed E-state index contributed by atoms with van der Waals surface area (Å²) in [5.41, 5.74) is 3.62. The lowest BCUT2D eigenvalue weighted by molar-refractivity contribution is 0.0953. The molecule has 9 nitrogen and oxygen atoms in total. The molecule has 1 heterocycles. The Morgan fingerprint density at radius 2 is 1.69 bits per heavy atom. The predicted molar refractivity (Wildman–Crippen MR) is 136 cm³/mol. The lowest BCUT2D eigenvalue weighted by atomic mass is 10.00. The average Bonchev–Trinajstić information content (AvgIpc) is 2.81. The topological polar surface area (TPSA) is 122 Å². The van der Waals surface area contributed by atoms with Crippen molar-refractivity contribution in [1.29, 1.82) is 0 Å². The van der Waals surface area contributed by atoms with Gasteiger partial charge in [0.25, 0.3) is 15.9 Å². The molecule has 3 N–H and O–H groups in total. The summed E-state index contributed by atoms with van der Waals surface area (Å²) >= 11 is 0. The molecule has 0 saturated carbocycles. The van der Waals surface area contributed by atoms with E-state index in [2.05, 4.69) is 25.3 Å². The number of carbonyl (C=O) groups excluding carboxylic acids is 1. The van der Waals surface area contributed by atoms with Gasteiger partial charge >= 0.3 is 0 Å². The first-order chi connectivity index (χ1) is 16.6. The summed E-state index contributed by atoms with van der Waals surface area (Å²) in [5.74, 6) is -0.266. The molecule has 0 bridgehead atoms. The number of nitrogens with zero attached hydrogens (tertiary/aromatic N) is 2. The zero-order valence-electron chi connectivity index (χ0n) is 20.5. The van der Waals surface area contributed by atoms with Crippen molar-refractivity contribution in [2.45, 2.75) is 38.6 Å². The molecule has 35 heavy (non-hydrogen) atoms. The minimum atomic E-state index is -4.07. The van der Waals surface area contributed by atoms with Gasteiger partial charge in [0.15, 0.2) is 0 Å². The third-order valence-electron chi connectivity index (χ3n) is 5.24. The fourth-order valence-corrected chi connectivity index (χ4v) is 4.53. The first kappa shape index (κ1) is 26.1. The number of rotatable bonds is 10. The lowest BCUT2D eigenvalue weighted by Gasteiger charge is -2.13. The van der Waals surface area contributed by atoms with Gasteiger partial charge < -0.3 is 15.4 Å². The van der Waals surface area contributed by atoms with Gasteiger partial charge in [-0.3, -0.25) is 4.79 Å². The van der Waals surface area contributed by atoms with Crippen molar-refractivity contribution in [3.8, 4) is 17.1 Å². The Kier molecular flexibility index (Phi) is 8.42. The van der Waals surface area contributed by atoms with Gasteiger partial charge in [-0.15, -0.1) is 0 Å². The minimum Gasteiger partial charge on any atom is -0.481 e. The molecule has 0 atom stereocenters. The van der Waals surface area contributed by atoms with Crippen molar-refractivity contribution in [2.24, 2.45) is 0 Å². The Bertz CT molecular complexity index is 1290. The summed E-state index contributed by atoms with van der Waals surface area (Å²) in [5, 5.41) is 5.98. The highest BCUT2D eigenvalue weighted by molar-refractivity contribution is 7.92. The van der Waals surface area contributed by atoms with E-state index in [0.29, 0.717) is 24.8 Å². The fourth-order valence-electron chi connectivity index (χ4n) is 3.54. The number of hydrogen-bond donors (Lipinski definition) is 3. The molecule has 0 aliphatic heterocycles. The summed E-state index contributed by atoms with van der Waals surface area (Å²) in [4.78, 5) is 21.0. The molecule has 3 aromatic rings. The maximum Gasteiger partial charge on any atom is 0.264 e. The van der Waals surface area contributed by atoms with Crippen LogP contribution in [0, 0.1) is 13.8 Å². The number of benzene rings is 2. The van der Waals surface area contributed by atoms with Gasteiger partial charge in [0.1, 0.15) is 0 Å². The molecule has 0 radical (unpaired) electrons. The number of hydrogen-bond acceptors (Lipinski definition) is 7. The normalized spacial score (nSPS) is 11.4. The third-order valence-corrected chi connectivity index (χ3v) is 6.57. The van der Waals surface area contributed by atoms with E-state index in [-0.39, 0.29) is 28.2 Å². The molecule has 186 valence electrons. The number of ether oxygens (including phenoxy) is 1. The second-order valence-corrected chi connectivity index (χ2v) is 10.1. The summed E-state index contributed by atoms with van der Waals surface area (Å²) < 4.78 is 33.9. The number of amides is 1. The highest BCUT2D eigenvalue weighted by Gasteiger charge is 2.20. The molecule has 3 rings (SSSR count). The van der Waals surface area contributed by atoms with Crippen LogP contribution in [0.5, 0.6) is 5.88 Å². The number of nitrogens with one attached hydrogen (secondary N) is 3. The van der Waals surface area contributed by atoms with Crippen LogP contribution in [-0.4, -0.2) is 50.5 Å². The van der Waals surface area contributed by atoms with Crippen molar-refractivity contribution in [3.63, 3.8) is 0 Å². The molecule has 0 aliphatic carbocycles. The third kappa shape index (κ3) is 6.77. The maximum absolute atomic E-state index is 13.1. The SMILES string of the molecule is COc1cc(-c2c(C)cccc2C)nc(NS(=O)(=O)c2cccc(C(=O)NCCNC(C)C)c2)n1. The van der Waals surface area contributed by atoms with Crippen molar-refractivity contribution in [1.82, 2.24) is 20.6 Å². The van der Waals surface area contributed by atoms with Gasteiger partial charge in [0.05, 0.1) is 17.7 Å². The van der Waals surface area contributed by atoms with Gasteiger partial charge in [0.2, 0.25) is 11.8 Å². The highest BCUT2D eigenvalue weighted by atomic mass is 32.2. The number of carbonyl (C=O) groups is 1. The lowest BCUT2D eigenvalue weighted by Crippen LogP contribution is -2.34. The van der Waals surface area contributed by atoms with Crippen LogP contribution in [0.25, 0.3) is 11.3 Å². The number of aromatic nitrogens is 2. The van der Waals surface area contributed by atoms with E-state index in [4.69, 9.17) is 4.74 Å². The maximum atomic E-state index is 13.1. The van der Waals surface area contributed by atoms with Gasteiger partial charge in [-0.1, -0.05) is 38.1 Å². The quantitative estimate of drug-likeness (QED) is 0.367. The van der Waals surface area contributed by atoms with Crippen molar-refractivity contribution in [3.05, 3.63) is 65.2 Å². The van der Waals surface area contributed by atoms with E-state index < -0.39 is 10.0 Å². The van der Waals surface area contributed by atoms with Crippen LogP contribution in [-0.2, 0) is 10.0 Å². The molecule has 0 saturated heterocycles. The monoisotopic (exact) mass is 497 g/mol. The van der Waals surface area contributed by atoms with Gasteiger partial charge in [-0.05, 0) is 43.2 Å². The van der Waals surface area contributed by atoms with Gasteiger partial charge in [-0.25, -0.2) is 18.1 Å². The van der Waals surface area contributed by atoms with Gasteiger partial charge in [-0.2, -0.15) is 4.98 Å². The first-order valence-electron chi connectivity index (χ1n) is 11.2. The molecule has 1 aromatic heterocycles. The van der Waals surface area contributed by atoms with Crippen molar-refractivity contribution < 1.29 is 17.9 Å². The van der Waals surface area contributed by atoms with Crippen LogP contribution in [0.3, 0.4) is 0 Å². The zero-order valence-corrected chi connectivity index (χ0v) is 21.4. The summed E-state index contributed by atoms with van der Waals surface area (Å²) in [6.07, 6.45) is 0. The van der Waals surface area contributed by atoms with Crippen LogP contribution in [0.2, 0.25) is 0 Å². The standard InChI is InChI=1S/C25H31N5O4S/c1-16(2)26-12-13-27-24(31)19-10-7-11-20(14-19)35(32,33)30-25-28-21(15-22(29-25)34-5)23-17(3)8-6-9-18(23)4/h6-11,14-16,26H,12-13H2,1-5H3,(H,27,31)(H,28,29,30). The van der Waals surface area contributed by atoms with Crippen molar-refractivity contribution >= 4 is 21.9 Å². The van der Waals surface area contributed by atoms with Crippen LogP contribution >= 0.6 is 0 Å². The van der Waals surface area contributed by atoms with Crippen LogP contribution in [0.4, 0.5) is 5.95 Å². The van der Waals surface area contributed by atoms with E-state index >= 15 is 0 Å². The Labute approximate surface area is 206 Å². The molecule has 2 aromatic carbocycles. The van der Waals surface area contributed by atoms with E-state index in [1.807, 2.05) is 45.9 Å². The van der Waals surface area contributed by atoms with E-state index in [9.17, 15) is 13.2 Å². The smallest absolute Gasteiger partial charge is 0.264 e. The van der Waals surface area contributed by atoms with Crippen LogP contribution in [0.1, 0.15) is 35.3 Å². The molecule has 0 fully saturated rings. The zero-order chi connectivity index (χ0) is 25.6. The molecular weight excluding hydrogens is 466 g/mol. The minimum absolute atomic E-state index is 0.0782. The highest BCUT2D eigenvalue weighted by Crippen LogP contribution is 2.29. The Hall–Kier alpha value is -3.50. The van der Waals surface area contributed by atoms with Gasteiger partial charge in [0, 0.05) is 36.3 Å². The number of aryl methyl sites for hydroxylation is 2. The van der Waals surface area contributed by atoms with E-state index in [0.717, 1.165) is 16.7 Å². The largest absolute Gasteiger partial charge is 0.481 e. The molecule has 0 unspecified atom stereocenters. The number of methoxy groups -OCH3 is 1. The second kappa shape index (κ2) is 11.3. The molecule has 0 aliphatic rings. The summed E-state index contributed by atoms with van der Waals surface area (Å²) in [6.45, 7) is 8.97. The van der Waals surface area contributed by atoms with Crippen molar-refractivity contribution in [2.75, 3.05) is 24.9 Å². The summed E-state index contributed by atoms with van der Waals surface area (Å²) in [6, 6.07) is 13.6. The van der Waals surface area contributed by atoms with E-state index in [1.165, 1.54) is 25.3 Å². The van der Waals surface area contributed by atoms with E-state index in [1.54, 1.807) is 12.1 Å². The number of anilines is 1. The van der Waals surface area contributed by atoms with Crippen LogP contribution < -0.4 is 20.1 Å². The molecule has 10 heteroatoms. The molecule has 0 spiro atoms. The molecular formula is C25H31N5O4S. The Morgan fingerprint density at radius 1 is 1.00 bits per heavy atom. The number of sulfonamides is 1. The molecule has 1 amide bonds. The Balaban J connectivity index is 1.85. The average molecular weight is 498 g/mol. The first-order valence-corrected chi connectivity index (χ1v) is 12.7. The fraction of sp³-hybridized carbons (Fsp3) is 0.320. The second-order valence-electron chi connectivity index (χ2n) is 8.38. The summed E-state index contributed by atoms with van der Waals surface area (Å²) in [7, 11) is -2.62. The van der Waals surface area contributed by atoms with Crippen LogP contribution in [0.15, 0.2) is 53.4 Å². The Morgan fingerprint density at radius 3 is 2.34 bits per heavy atom. The predicted octanol–water partition coefficient (Wildman–Crippen LogP) is 3.30.